The predicted molar refractivity (Wildman–Crippen MR) is 164 cm³/mol. The third-order valence-electron chi connectivity index (χ3n) is 7.53. The van der Waals surface area contributed by atoms with E-state index in [0.717, 1.165) is 0 Å². The lowest BCUT2D eigenvalue weighted by atomic mass is 10.1. The Morgan fingerprint density at radius 1 is 0.270 bits per heavy atom. The summed E-state index contributed by atoms with van der Waals surface area (Å²) in [4.78, 5) is 0. The summed E-state index contributed by atoms with van der Waals surface area (Å²) in [6.07, 6.45) is 0. The Labute approximate surface area is 218 Å². The molecule has 0 amide bonds. The van der Waals surface area contributed by atoms with Crippen LogP contribution in [0.3, 0.4) is 0 Å². The van der Waals surface area contributed by atoms with Gasteiger partial charge in [0.05, 0.1) is 0 Å². The first-order valence-electron chi connectivity index (χ1n) is 12.8. The fourth-order valence-electron chi connectivity index (χ4n) is 5.96. The van der Waals surface area contributed by atoms with Gasteiger partial charge in [-0.2, -0.15) is 0 Å². The Balaban J connectivity index is 1.78. The molecule has 0 heterocycles. The highest BCUT2D eigenvalue weighted by molar-refractivity contribution is 8.02. The molecule has 0 bridgehead atoms. The molecular formula is C36H26P+. The molecule has 7 rings (SSSR count). The van der Waals surface area contributed by atoms with E-state index in [2.05, 4.69) is 158 Å². The first-order chi connectivity index (χ1) is 18.4. The van der Waals surface area contributed by atoms with Crippen LogP contribution in [-0.4, -0.2) is 0 Å². The van der Waals surface area contributed by atoms with E-state index in [0.29, 0.717) is 0 Å². The Hall–Kier alpha value is -4.25. The second kappa shape index (κ2) is 9.00. The van der Waals surface area contributed by atoms with Crippen molar-refractivity contribution in [3.63, 3.8) is 0 Å². The number of fused-ring (bicyclic) bond motifs is 3. The lowest BCUT2D eigenvalue weighted by molar-refractivity contribution is 1.73. The average Bonchev–Trinajstić information content (AvgIpc) is 2.98. The predicted octanol–water partition coefficient (Wildman–Crippen LogP) is 7.77. The van der Waals surface area contributed by atoms with Crippen molar-refractivity contribution in [2.45, 2.75) is 0 Å². The summed E-state index contributed by atoms with van der Waals surface area (Å²) in [6.45, 7) is 0. The van der Waals surface area contributed by atoms with E-state index in [-0.39, 0.29) is 0 Å². The molecule has 0 N–H and O–H groups in total. The highest BCUT2D eigenvalue weighted by atomic mass is 31.2. The number of hydrogen-bond acceptors (Lipinski definition) is 0. The van der Waals surface area contributed by atoms with Crippen LogP contribution in [0.15, 0.2) is 158 Å². The molecule has 37 heavy (non-hydrogen) atoms. The van der Waals surface area contributed by atoms with Gasteiger partial charge >= 0.3 is 0 Å². The van der Waals surface area contributed by atoms with Crippen molar-refractivity contribution in [2.75, 3.05) is 0 Å². The van der Waals surface area contributed by atoms with Crippen LogP contribution in [0.2, 0.25) is 0 Å². The molecular weight excluding hydrogens is 463 g/mol. The zero-order valence-corrected chi connectivity index (χ0v) is 21.4. The standard InChI is InChI=1S/C36H26P/c1-2-19-30(20-3-1)37(34-24-10-16-27-13-4-7-21-31(27)34,35-25-11-17-28-14-5-8-22-32(28)35)36-26-12-18-29-15-6-9-23-33(29)36/h1-26H/q+1. The Bertz CT molecular complexity index is 1680. The molecule has 7 aromatic carbocycles. The second-order valence-electron chi connectivity index (χ2n) is 9.50. The molecule has 0 aliphatic rings. The summed E-state index contributed by atoms with van der Waals surface area (Å²) in [5.74, 6) is 0. The van der Waals surface area contributed by atoms with Gasteiger partial charge < -0.3 is 0 Å². The smallest absolute Gasteiger partial charge is 0.0620 e. The van der Waals surface area contributed by atoms with Gasteiger partial charge in [-0.3, -0.25) is 0 Å². The number of benzene rings is 7. The van der Waals surface area contributed by atoms with Crippen LogP contribution in [0.25, 0.3) is 32.3 Å². The zero-order valence-electron chi connectivity index (χ0n) is 20.5. The average molecular weight is 490 g/mol. The molecule has 0 fully saturated rings. The summed E-state index contributed by atoms with van der Waals surface area (Å²) in [7, 11) is -2.34. The summed E-state index contributed by atoms with van der Waals surface area (Å²) in [5.41, 5.74) is 0. The van der Waals surface area contributed by atoms with Gasteiger partial charge in [0.2, 0.25) is 0 Å². The Kier molecular flexibility index (Phi) is 5.35. The molecule has 0 saturated heterocycles. The van der Waals surface area contributed by atoms with E-state index in [9.17, 15) is 0 Å². The van der Waals surface area contributed by atoms with Gasteiger partial charge in [0, 0.05) is 16.2 Å². The molecule has 0 radical (unpaired) electrons. The summed E-state index contributed by atoms with van der Waals surface area (Å²) >= 11 is 0. The van der Waals surface area contributed by atoms with Crippen molar-refractivity contribution in [1.82, 2.24) is 0 Å². The van der Waals surface area contributed by atoms with Gasteiger partial charge in [-0.1, -0.05) is 127 Å². The van der Waals surface area contributed by atoms with Gasteiger partial charge in [0.25, 0.3) is 0 Å². The Morgan fingerprint density at radius 2 is 0.595 bits per heavy atom. The fourth-order valence-corrected chi connectivity index (χ4v) is 10.8. The van der Waals surface area contributed by atoms with Gasteiger partial charge in [0.15, 0.2) is 0 Å². The van der Waals surface area contributed by atoms with Crippen LogP contribution in [0.4, 0.5) is 0 Å². The minimum Gasteiger partial charge on any atom is -0.0620 e. The van der Waals surface area contributed by atoms with Crippen molar-refractivity contribution in [3.8, 4) is 0 Å². The van der Waals surface area contributed by atoms with Gasteiger partial charge in [-0.05, 0) is 46.5 Å². The maximum atomic E-state index is 2.38. The summed E-state index contributed by atoms with van der Waals surface area (Å²) in [6, 6.07) is 58.4. The van der Waals surface area contributed by atoms with Crippen molar-refractivity contribution in [2.24, 2.45) is 0 Å². The molecule has 0 atom stereocenters. The van der Waals surface area contributed by atoms with Crippen LogP contribution in [0.1, 0.15) is 0 Å². The zero-order chi connectivity index (χ0) is 24.7. The van der Waals surface area contributed by atoms with Gasteiger partial charge in [-0.15, -0.1) is 0 Å². The van der Waals surface area contributed by atoms with Crippen LogP contribution >= 0.6 is 7.26 Å². The highest BCUT2D eigenvalue weighted by Crippen LogP contribution is 2.57. The highest BCUT2D eigenvalue weighted by Gasteiger charge is 2.50. The van der Waals surface area contributed by atoms with Crippen LogP contribution in [-0.2, 0) is 0 Å². The lowest BCUT2D eigenvalue weighted by Crippen LogP contribution is -2.39. The van der Waals surface area contributed by atoms with E-state index >= 15 is 0 Å². The van der Waals surface area contributed by atoms with Gasteiger partial charge in [-0.25, -0.2) is 0 Å². The fraction of sp³-hybridized carbons (Fsp3) is 0. The van der Waals surface area contributed by atoms with Crippen LogP contribution < -0.4 is 21.2 Å². The summed E-state index contributed by atoms with van der Waals surface area (Å²) < 4.78 is 0. The monoisotopic (exact) mass is 489 g/mol. The van der Waals surface area contributed by atoms with Gasteiger partial charge in [0.1, 0.15) is 28.5 Å². The molecule has 0 aromatic heterocycles. The maximum Gasteiger partial charge on any atom is 0.146 e. The van der Waals surface area contributed by atoms with Crippen molar-refractivity contribution in [1.29, 1.82) is 0 Å². The molecule has 0 unspecified atom stereocenters. The second-order valence-corrected chi connectivity index (χ2v) is 12.8. The van der Waals surface area contributed by atoms with E-state index in [4.69, 9.17) is 0 Å². The third kappa shape index (κ3) is 3.41. The maximum absolute atomic E-state index is 2.38. The van der Waals surface area contributed by atoms with Crippen molar-refractivity contribution < 1.29 is 0 Å². The molecule has 0 spiro atoms. The van der Waals surface area contributed by atoms with E-state index < -0.39 is 7.26 Å². The molecule has 0 saturated carbocycles. The SMILES string of the molecule is c1ccc([P+](c2cccc3ccccc23)(c2cccc3ccccc23)c2cccc3ccccc23)cc1. The number of rotatable bonds is 4. The molecule has 1 heteroatoms. The molecule has 0 aliphatic heterocycles. The molecule has 174 valence electrons. The van der Waals surface area contributed by atoms with E-state index in [1.807, 2.05) is 0 Å². The van der Waals surface area contributed by atoms with Crippen LogP contribution in [0, 0.1) is 0 Å². The normalized spacial score (nSPS) is 11.8. The topological polar surface area (TPSA) is 0 Å². The third-order valence-corrected chi connectivity index (χ3v) is 11.9. The minimum absolute atomic E-state index is 1.28. The van der Waals surface area contributed by atoms with Crippen LogP contribution in [0.5, 0.6) is 0 Å². The summed E-state index contributed by atoms with van der Waals surface area (Å²) in [5, 5.41) is 13.4. The molecule has 0 nitrogen and oxygen atoms in total. The minimum atomic E-state index is -2.34. The number of hydrogen-bond donors (Lipinski definition) is 0. The Morgan fingerprint density at radius 3 is 1.00 bits per heavy atom. The first kappa shape index (κ1) is 22.0. The van der Waals surface area contributed by atoms with E-state index in [1.54, 1.807) is 0 Å². The van der Waals surface area contributed by atoms with E-state index in [1.165, 1.54) is 53.5 Å². The van der Waals surface area contributed by atoms with Crippen molar-refractivity contribution >= 4 is 60.8 Å². The first-order valence-corrected chi connectivity index (χ1v) is 14.6. The molecule has 7 aromatic rings. The lowest BCUT2D eigenvalue weighted by Gasteiger charge is -2.30. The quantitative estimate of drug-likeness (QED) is 0.222. The largest absolute Gasteiger partial charge is 0.146 e. The molecule has 0 aliphatic carbocycles. The van der Waals surface area contributed by atoms with Crippen molar-refractivity contribution in [3.05, 3.63) is 158 Å².